The fourth-order valence-corrected chi connectivity index (χ4v) is 4.40. The van der Waals surface area contributed by atoms with Crippen LogP contribution in [0.15, 0.2) is 24.7 Å². The summed E-state index contributed by atoms with van der Waals surface area (Å²) in [6.07, 6.45) is 7.48. The molecule has 4 heterocycles. The second-order valence-corrected chi connectivity index (χ2v) is 9.26. The van der Waals surface area contributed by atoms with Gasteiger partial charge in [0.15, 0.2) is 5.82 Å². The standard InChI is InChI=1S/C24H35N9O4/c1-4-36-21-15-26-19(14-27-21)29-23(34)32(3)18-6-5-11-33(16-18)22-25-10-7-20(30-22)37-24(35)28-17-8-12-31(2)13-9-17/h7,10,14-15,17-18H,4-6,8-9,11-13,16H2,1-3H3,(H,28,35)(H,26,29,34)/t18-/m1/s1. The number of carbonyl (C=O) groups is 2. The molecule has 0 radical (unpaired) electrons. The van der Waals surface area contributed by atoms with Gasteiger partial charge in [0, 0.05) is 38.4 Å². The van der Waals surface area contributed by atoms with Gasteiger partial charge < -0.3 is 29.5 Å². The Morgan fingerprint density at radius 3 is 2.65 bits per heavy atom. The third kappa shape index (κ3) is 7.38. The van der Waals surface area contributed by atoms with Crippen molar-refractivity contribution in [2.45, 2.75) is 44.7 Å². The maximum absolute atomic E-state index is 12.8. The number of likely N-dealkylation sites (tertiary alicyclic amines) is 1. The lowest BCUT2D eigenvalue weighted by atomic mass is 10.1. The lowest BCUT2D eigenvalue weighted by Gasteiger charge is -2.37. The van der Waals surface area contributed by atoms with Crippen molar-refractivity contribution < 1.29 is 19.1 Å². The van der Waals surface area contributed by atoms with E-state index < -0.39 is 6.09 Å². The first-order valence-electron chi connectivity index (χ1n) is 12.6. The second kappa shape index (κ2) is 12.5. The Morgan fingerprint density at radius 2 is 1.92 bits per heavy atom. The molecule has 0 aromatic carbocycles. The number of piperidine rings is 2. The molecule has 3 amide bonds. The fourth-order valence-electron chi connectivity index (χ4n) is 4.40. The smallest absolute Gasteiger partial charge is 0.414 e. The van der Waals surface area contributed by atoms with E-state index in [1.54, 1.807) is 24.2 Å². The van der Waals surface area contributed by atoms with Crippen LogP contribution in [0.3, 0.4) is 0 Å². The molecular formula is C24H35N9O4. The van der Waals surface area contributed by atoms with E-state index in [2.05, 4.69) is 42.5 Å². The first kappa shape index (κ1) is 26.3. The number of carbonyl (C=O) groups excluding carboxylic acids is 2. The number of aromatic nitrogens is 4. The van der Waals surface area contributed by atoms with Gasteiger partial charge in [-0.25, -0.2) is 24.5 Å². The number of nitrogens with one attached hydrogen (secondary N) is 2. The van der Waals surface area contributed by atoms with E-state index in [0.29, 0.717) is 30.8 Å². The van der Waals surface area contributed by atoms with E-state index in [-0.39, 0.29) is 24.0 Å². The minimum atomic E-state index is -0.510. The van der Waals surface area contributed by atoms with Crippen LogP contribution in [0.1, 0.15) is 32.6 Å². The molecule has 2 N–H and O–H groups in total. The van der Waals surface area contributed by atoms with Gasteiger partial charge in [0.2, 0.25) is 17.7 Å². The lowest BCUT2D eigenvalue weighted by Crippen LogP contribution is -2.50. The molecule has 2 aliphatic rings. The summed E-state index contributed by atoms with van der Waals surface area (Å²) in [5.74, 6) is 1.40. The van der Waals surface area contributed by atoms with Crippen molar-refractivity contribution in [1.29, 1.82) is 0 Å². The highest BCUT2D eigenvalue weighted by Gasteiger charge is 2.28. The third-order valence-corrected chi connectivity index (χ3v) is 6.56. The minimum absolute atomic E-state index is 0.0645. The second-order valence-electron chi connectivity index (χ2n) is 9.26. The molecule has 1 atom stereocenters. The first-order valence-corrected chi connectivity index (χ1v) is 12.6. The molecule has 2 aromatic rings. The van der Waals surface area contributed by atoms with Gasteiger partial charge in [0.1, 0.15) is 0 Å². The summed E-state index contributed by atoms with van der Waals surface area (Å²) in [5, 5.41) is 5.69. The Labute approximate surface area is 216 Å². The molecule has 200 valence electrons. The van der Waals surface area contributed by atoms with E-state index in [0.717, 1.165) is 45.3 Å². The molecule has 0 saturated carbocycles. The van der Waals surface area contributed by atoms with Gasteiger partial charge in [0.25, 0.3) is 0 Å². The summed E-state index contributed by atoms with van der Waals surface area (Å²) < 4.78 is 10.7. The molecule has 37 heavy (non-hydrogen) atoms. The first-order chi connectivity index (χ1) is 17.9. The van der Waals surface area contributed by atoms with Crippen LogP contribution in [-0.4, -0.2) is 101 Å². The number of urea groups is 1. The number of anilines is 2. The van der Waals surface area contributed by atoms with Gasteiger partial charge in [-0.05, 0) is 52.7 Å². The van der Waals surface area contributed by atoms with Gasteiger partial charge in [0.05, 0.1) is 25.0 Å². The number of rotatable bonds is 7. The largest absolute Gasteiger partial charge is 0.477 e. The summed E-state index contributed by atoms with van der Waals surface area (Å²) >= 11 is 0. The number of nitrogens with zero attached hydrogens (tertiary/aromatic N) is 7. The van der Waals surface area contributed by atoms with Crippen molar-refractivity contribution in [2.75, 3.05) is 57.1 Å². The molecule has 2 aliphatic heterocycles. The molecule has 0 aliphatic carbocycles. The fraction of sp³-hybridized carbons (Fsp3) is 0.583. The summed E-state index contributed by atoms with van der Waals surface area (Å²) in [7, 11) is 3.82. The zero-order chi connectivity index (χ0) is 26.2. The molecule has 2 saturated heterocycles. The normalized spacial score (nSPS) is 18.7. The maximum atomic E-state index is 12.8. The van der Waals surface area contributed by atoms with Crippen LogP contribution in [0.4, 0.5) is 21.4 Å². The van der Waals surface area contributed by atoms with E-state index >= 15 is 0 Å². The predicted molar refractivity (Wildman–Crippen MR) is 137 cm³/mol. The molecule has 0 bridgehead atoms. The number of ether oxygens (including phenoxy) is 2. The number of amides is 3. The van der Waals surface area contributed by atoms with Crippen LogP contribution in [0.5, 0.6) is 11.8 Å². The summed E-state index contributed by atoms with van der Waals surface area (Å²) in [6.45, 7) is 5.52. The Kier molecular flexibility index (Phi) is 8.88. The van der Waals surface area contributed by atoms with Gasteiger partial charge >= 0.3 is 12.1 Å². The molecule has 13 heteroatoms. The quantitative estimate of drug-likeness (QED) is 0.565. The molecule has 0 spiro atoms. The van der Waals surface area contributed by atoms with Crippen LogP contribution in [0.25, 0.3) is 0 Å². The minimum Gasteiger partial charge on any atom is -0.477 e. The predicted octanol–water partition coefficient (Wildman–Crippen LogP) is 1.98. The van der Waals surface area contributed by atoms with Crippen LogP contribution in [-0.2, 0) is 0 Å². The highest BCUT2D eigenvalue weighted by atomic mass is 16.6. The van der Waals surface area contributed by atoms with E-state index in [1.807, 2.05) is 11.8 Å². The van der Waals surface area contributed by atoms with Crippen molar-refractivity contribution in [1.82, 2.24) is 35.1 Å². The van der Waals surface area contributed by atoms with Crippen molar-refractivity contribution in [2.24, 2.45) is 0 Å². The summed E-state index contributed by atoms with van der Waals surface area (Å²) in [4.78, 5) is 48.2. The Hall–Kier alpha value is -3.74. The van der Waals surface area contributed by atoms with Crippen molar-refractivity contribution >= 4 is 23.9 Å². The monoisotopic (exact) mass is 513 g/mol. The third-order valence-electron chi connectivity index (χ3n) is 6.56. The number of likely N-dealkylation sites (N-methyl/N-ethyl adjacent to an activating group) is 1. The Balaban J connectivity index is 1.31. The molecule has 0 unspecified atom stereocenters. The van der Waals surface area contributed by atoms with E-state index in [1.165, 1.54) is 12.4 Å². The molecular weight excluding hydrogens is 478 g/mol. The average Bonchev–Trinajstić information content (AvgIpc) is 2.91. The van der Waals surface area contributed by atoms with Crippen LogP contribution in [0.2, 0.25) is 0 Å². The lowest BCUT2D eigenvalue weighted by molar-refractivity contribution is 0.180. The molecule has 4 rings (SSSR count). The zero-order valence-electron chi connectivity index (χ0n) is 21.6. The topological polar surface area (TPSA) is 138 Å². The van der Waals surface area contributed by atoms with Gasteiger partial charge in [-0.15, -0.1) is 0 Å². The van der Waals surface area contributed by atoms with Crippen molar-refractivity contribution in [3.63, 3.8) is 0 Å². The van der Waals surface area contributed by atoms with Crippen LogP contribution in [0, 0.1) is 0 Å². The molecule has 2 fully saturated rings. The summed E-state index contributed by atoms with van der Waals surface area (Å²) in [5.41, 5.74) is 0. The van der Waals surface area contributed by atoms with Crippen LogP contribution < -0.4 is 25.0 Å². The average molecular weight is 514 g/mol. The van der Waals surface area contributed by atoms with Gasteiger partial charge in [-0.1, -0.05) is 0 Å². The van der Waals surface area contributed by atoms with Gasteiger partial charge in [-0.2, -0.15) is 4.98 Å². The SMILES string of the molecule is CCOc1cnc(NC(=O)N(C)[C@@H]2CCCN(c3nccc(OC(=O)NC4CCN(C)CC4)n3)C2)cn1. The Bertz CT molecular complexity index is 1050. The van der Waals surface area contributed by atoms with E-state index in [4.69, 9.17) is 9.47 Å². The maximum Gasteiger partial charge on any atom is 0.414 e. The van der Waals surface area contributed by atoms with Gasteiger partial charge in [-0.3, -0.25) is 5.32 Å². The highest BCUT2D eigenvalue weighted by molar-refractivity contribution is 5.88. The highest BCUT2D eigenvalue weighted by Crippen LogP contribution is 2.21. The number of hydrogen-bond acceptors (Lipinski definition) is 10. The number of hydrogen-bond donors (Lipinski definition) is 2. The molecule has 13 nitrogen and oxygen atoms in total. The van der Waals surface area contributed by atoms with Crippen LogP contribution >= 0.6 is 0 Å². The van der Waals surface area contributed by atoms with E-state index in [9.17, 15) is 9.59 Å². The zero-order valence-corrected chi connectivity index (χ0v) is 21.6. The van der Waals surface area contributed by atoms with Crippen molar-refractivity contribution in [3.05, 3.63) is 24.7 Å². The Morgan fingerprint density at radius 1 is 1.11 bits per heavy atom. The summed E-state index contributed by atoms with van der Waals surface area (Å²) in [6, 6.07) is 1.32. The van der Waals surface area contributed by atoms with Crippen molar-refractivity contribution in [3.8, 4) is 11.8 Å². The molecule has 2 aromatic heterocycles.